The Labute approximate surface area is 207 Å². The second kappa shape index (κ2) is 8.96. The van der Waals surface area contributed by atoms with Crippen LogP contribution in [-0.4, -0.2) is 49.1 Å². The fraction of sp³-hybridized carbons (Fsp3) is 0.407. The van der Waals surface area contributed by atoms with Crippen LogP contribution in [0.5, 0.6) is 11.5 Å². The van der Waals surface area contributed by atoms with Crippen LogP contribution in [0.4, 0.5) is 13.2 Å². The Kier molecular flexibility index (Phi) is 6.06. The van der Waals surface area contributed by atoms with Gasteiger partial charge in [0.25, 0.3) is 5.91 Å². The number of fused-ring (bicyclic) bond motifs is 1. The third-order valence-corrected chi connectivity index (χ3v) is 7.26. The number of alkyl halides is 3. The number of hydrogen-bond acceptors (Lipinski definition) is 5. The first-order valence-electron chi connectivity index (χ1n) is 11.9. The Morgan fingerprint density at radius 3 is 2.56 bits per heavy atom. The van der Waals surface area contributed by atoms with Crippen LogP contribution < -0.4 is 14.8 Å². The van der Waals surface area contributed by atoms with Gasteiger partial charge in [-0.2, -0.15) is 13.2 Å². The number of benzene rings is 2. The van der Waals surface area contributed by atoms with Crippen molar-refractivity contribution < 1.29 is 27.4 Å². The summed E-state index contributed by atoms with van der Waals surface area (Å²) in [5.41, 5.74) is 0.512. The summed E-state index contributed by atoms with van der Waals surface area (Å²) in [7, 11) is 3.51. The molecular formula is C27H28F3N3O3. The van der Waals surface area contributed by atoms with E-state index in [4.69, 9.17) is 9.47 Å². The maximum absolute atomic E-state index is 13.4. The molecule has 0 bridgehead atoms. The summed E-state index contributed by atoms with van der Waals surface area (Å²) in [4.78, 5) is 19.5. The van der Waals surface area contributed by atoms with Gasteiger partial charge in [-0.05, 0) is 75.2 Å². The normalized spacial score (nSPS) is 19.0. The molecule has 6 nitrogen and oxygen atoms in total. The monoisotopic (exact) mass is 499 g/mol. The van der Waals surface area contributed by atoms with E-state index in [1.54, 1.807) is 12.1 Å². The number of ether oxygens (including phenoxy) is 2. The first-order chi connectivity index (χ1) is 17.1. The Balaban J connectivity index is 1.42. The number of nitrogens with one attached hydrogen (secondary N) is 1. The summed E-state index contributed by atoms with van der Waals surface area (Å²) < 4.78 is 51.1. The number of likely N-dealkylation sites (N-methyl/N-ethyl adjacent to an activating group) is 1. The van der Waals surface area contributed by atoms with Crippen molar-refractivity contribution in [1.29, 1.82) is 0 Å². The second-order valence-electron chi connectivity index (χ2n) is 9.68. The lowest BCUT2D eigenvalue weighted by molar-refractivity contribution is -0.140. The van der Waals surface area contributed by atoms with Gasteiger partial charge in [0.1, 0.15) is 23.8 Å². The quantitative estimate of drug-likeness (QED) is 0.492. The van der Waals surface area contributed by atoms with Gasteiger partial charge in [-0.3, -0.25) is 9.69 Å². The lowest BCUT2D eigenvalue weighted by atomic mass is 9.97. The van der Waals surface area contributed by atoms with Crippen LogP contribution in [0.2, 0.25) is 0 Å². The van der Waals surface area contributed by atoms with Crippen molar-refractivity contribution in [1.82, 2.24) is 15.2 Å². The largest absolute Gasteiger partial charge is 0.497 e. The fourth-order valence-corrected chi connectivity index (χ4v) is 4.66. The van der Waals surface area contributed by atoms with Crippen molar-refractivity contribution >= 4 is 16.8 Å². The molecule has 5 rings (SSSR count). The van der Waals surface area contributed by atoms with Gasteiger partial charge in [-0.15, -0.1) is 0 Å². The number of amides is 1. The number of hydrogen-bond donors (Lipinski definition) is 1. The molecule has 1 N–H and O–H groups in total. The molecule has 2 fully saturated rings. The van der Waals surface area contributed by atoms with E-state index in [2.05, 4.69) is 22.2 Å². The maximum atomic E-state index is 13.4. The van der Waals surface area contributed by atoms with E-state index in [0.29, 0.717) is 53.5 Å². The number of carbonyl (C=O) groups is 1. The molecule has 1 saturated heterocycles. The van der Waals surface area contributed by atoms with Crippen molar-refractivity contribution in [2.75, 3.05) is 27.3 Å². The van der Waals surface area contributed by atoms with E-state index in [1.165, 1.54) is 19.2 Å². The number of methoxy groups -OCH3 is 1. The zero-order chi connectivity index (χ0) is 25.7. The number of nitrogens with zero attached hydrogens (tertiary/aromatic N) is 2. The molecule has 9 heteroatoms. The number of rotatable bonds is 7. The topological polar surface area (TPSA) is 63.7 Å². The summed E-state index contributed by atoms with van der Waals surface area (Å²) in [6.07, 6.45) is -2.15. The van der Waals surface area contributed by atoms with Gasteiger partial charge in [-0.25, -0.2) is 4.98 Å². The van der Waals surface area contributed by atoms with Crippen LogP contribution in [0.3, 0.4) is 0 Å². The molecule has 1 saturated carbocycles. The lowest BCUT2D eigenvalue weighted by Gasteiger charge is -2.37. The highest BCUT2D eigenvalue weighted by Gasteiger charge is 2.47. The molecule has 190 valence electrons. The van der Waals surface area contributed by atoms with Gasteiger partial charge in [0.2, 0.25) is 0 Å². The zero-order valence-corrected chi connectivity index (χ0v) is 20.4. The zero-order valence-electron chi connectivity index (χ0n) is 20.4. The highest BCUT2D eigenvalue weighted by atomic mass is 19.4. The summed E-state index contributed by atoms with van der Waals surface area (Å²) >= 11 is 0. The molecule has 3 aromatic rings. The van der Waals surface area contributed by atoms with Crippen LogP contribution >= 0.6 is 0 Å². The number of aryl methyl sites for hydroxylation is 1. The van der Waals surface area contributed by atoms with Crippen molar-refractivity contribution in [3.63, 3.8) is 0 Å². The molecule has 1 aliphatic heterocycles. The summed E-state index contributed by atoms with van der Waals surface area (Å²) in [5.74, 6) is 0.760. The maximum Gasteiger partial charge on any atom is 0.433 e. The van der Waals surface area contributed by atoms with Gasteiger partial charge in [-0.1, -0.05) is 12.1 Å². The van der Waals surface area contributed by atoms with Gasteiger partial charge in [0.05, 0.1) is 18.2 Å². The minimum Gasteiger partial charge on any atom is -0.497 e. The number of carbonyl (C=O) groups excluding carboxylic acids is 1. The Morgan fingerprint density at radius 2 is 1.94 bits per heavy atom. The molecule has 2 aliphatic rings. The number of pyridine rings is 1. The van der Waals surface area contributed by atoms with Crippen LogP contribution in [0.15, 0.2) is 42.5 Å². The molecule has 1 aliphatic carbocycles. The Morgan fingerprint density at radius 1 is 1.17 bits per heavy atom. The Hall–Kier alpha value is -3.33. The van der Waals surface area contributed by atoms with Crippen molar-refractivity contribution in [2.45, 2.75) is 43.9 Å². The van der Waals surface area contributed by atoms with E-state index in [9.17, 15) is 18.0 Å². The van der Waals surface area contributed by atoms with Gasteiger partial charge < -0.3 is 14.8 Å². The molecule has 1 atom stereocenters. The molecule has 2 heterocycles. The molecule has 0 radical (unpaired) electrons. The van der Waals surface area contributed by atoms with Crippen LogP contribution in [0, 0.1) is 6.92 Å². The van der Waals surface area contributed by atoms with Gasteiger partial charge in [0.15, 0.2) is 0 Å². The first-order valence-corrected chi connectivity index (χ1v) is 11.9. The number of halogens is 3. The lowest BCUT2D eigenvalue weighted by Crippen LogP contribution is -2.48. The summed E-state index contributed by atoms with van der Waals surface area (Å²) in [6, 6.07) is 11.5. The van der Waals surface area contributed by atoms with Crippen LogP contribution in [0.25, 0.3) is 10.9 Å². The first kappa shape index (κ1) is 24.4. The average Bonchev–Trinajstić information content (AvgIpc) is 3.62. The predicted octanol–water partition coefficient (Wildman–Crippen LogP) is 5.07. The van der Waals surface area contributed by atoms with E-state index in [-0.39, 0.29) is 11.4 Å². The van der Waals surface area contributed by atoms with E-state index < -0.39 is 17.4 Å². The SMILES string of the molecule is COc1cc(C2(NC(=O)c3cc(OC[C@@H]4CCN4C)ccc3C)CC2)c2ccc(C(F)(F)F)nc2c1. The molecule has 0 spiro atoms. The smallest absolute Gasteiger partial charge is 0.433 e. The number of likely N-dealkylation sites (tertiary alicyclic amines) is 1. The van der Waals surface area contributed by atoms with Gasteiger partial charge in [0, 0.05) is 23.1 Å². The summed E-state index contributed by atoms with van der Waals surface area (Å²) in [5, 5.41) is 3.70. The van der Waals surface area contributed by atoms with E-state index in [1.807, 2.05) is 19.1 Å². The molecule has 0 unspecified atom stereocenters. The van der Waals surface area contributed by atoms with Gasteiger partial charge >= 0.3 is 6.18 Å². The van der Waals surface area contributed by atoms with Crippen LogP contribution in [0.1, 0.15) is 46.4 Å². The Bertz CT molecular complexity index is 1320. The minimum atomic E-state index is -4.55. The summed E-state index contributed by atoms with van der Waals surface area (Å²) in [6.45, 7) is 3.48. The predicted molar refractivity (Wildman–Crippen MR) is 129 cm³/mol. The number of aromatic nitrogens is 1. The van der Waals surface area contributed by atoms with Crippen molar-refractivity contribution in [3.8, 4) is 11.5 Å². The third kappa shape index (κ3) is 4.59. The molecule has 36 heavy (non-hydrogen) atoms. The molecular weight excluding hydrogens is 471 g/mol. The van der Waals surface area contributed by atoms with E-state index in [0.717, 1.165) is 24.6 Å². The minimum absolute atomic E-state index is 0.173. The second-order valence-corrected chi connectivity index (χ2v) is 9.68. The van der Waals surface area contributed by atoms with E-state index >= 15 is 0 Å². The average molecular weight is 500 g/mol. The molecule has 1 amide bonds. The highest BCUT2D eigenvalue weighted by Crippen LogP contribution is 2.49. The molecule has 1 aromatic heterocycles. The van der Waals surface area contributed by atoms with Crippen molar-refractivity contribution in [3.05, 3.63) is 64.8 Å². The third-order valence-electron chi connectivity index (χ3n) is 7.26. The van der Waals surface area contributed by atoms with Crippen LogP contribution in [-0.2, 0) is 11.7 Å². The standard InChI is InChI=1S/C27H28F3N3O3/c1-16-4-5-18(36-15-17-8-11-33(17)2)12-21(16)25(34)32-26(9-10-26)22-13-19(35-3)14-23-20(22)6-7-24(31-23)27(28,29)30/h4-7,12-14,17H,8-11,15H2,1-3H3,(H,32,34)/t17-/m0/s1. The fourth-order valence-electron chi connectivity index (χ4n) is 4.66. The molecule has 2 aromatic carbocycles. The van der Waals surface area contributed by atoms with Crippen molar-refractivity contribution in [2.24, 2.45) is 0 Å². The highest BCUT2D eigenvalue weighted by molar-refractivity contribution is 5.97.